The van der Waals surface area contributed by atoms with Gasteiger partial charge in [0, 0.05) is 25.2 Å². The Hall–Kier alpha value is -3.50. The molecular formula is C24H24FN3O5S. The summed E-state index contributed by atoms with van der Waals surface area (Å²) in [5.41, 5.74) is 0.407. The zero-order valence-corrected chi connectivity index (χ0v) is 19.3. The molecule has 2 heterocycles. The SMILES string of the molecule is COc1ccc(Oc2ncccc2NC(=O)C2CCN(S(=O)(=O)c3ccccc3F)CC2)cc1. The van der Waals surface area contributed by atoms with Gasteiger partial charge in [0.15, 0.2) is 0 Å². The number of halogens is 1. The number of carbonyl (C=O) groups excluding carboxylic acids is 1. The van der Waals surface area contributed by atoms with Crippen LogP contribution in [-0.4, -0.2) is 43.8 Å². The van der Waals surface area contributed by atoms with E-state index in [0.29, 0.717) is 30.0 Å². The highest BCUT2D eigenvalue weighted by molar-refractivity contribution is 7.89. The minimum atomic E-state index is -3.96. The molecule has 0 saturated carbocycles. The van der Waals surface area contributed by atoms with Crippen LogP contribution in [0.5, 0.6) is 17.4 Å². The van der Waals surface area contributed by atoms with Crippen LogP contribution >= 0.6 is 0 Å². The third-order valence-electron chi connectivity index (χ3n) is 5.58. The van der Waals surface area contributed by atoms with Crippen LogP contribution in [0.1, 0.15) is 12.8 Å². The van der Waals surface area contributed by atoms with Gasteiger partial charge in [0.1, 0.15) is 27.9 Å². The van der Waals surface area contributed by atoms with Gasteiger partial charge in [0.25, 0.3) is 0 Å². The van der Waals surface area contributed by atoms with Gasteiger partial charge < -0.3 is 14.8 Å². The first-order valence-corrected chi connectivity index (χ1v) is 12.1. The summed E-state index contributed by atoms with van der Waals surface area (Å²) < 4.78 is 51.8. The largest absolute Gasteiger partial charge is 0.497 e. The van der Waals surface area contributed by atoms with E-state index in [1.807, 2.05) is 0 Å². The van der Waals surface area contributed by atoms with E-state index >= 15 is 0 Å². The van der Waals surface area contributed by atoms with Gasteiger partial charge >= 0.3 is 0 Å². The lowest BCUT2D eigenvalue weighted by Crippen LogP contribution is -2.41. The van der Waals surface area contributed by atoms with E-state index < -0.39 is 21.8 Å². The maximum absolute atomic E-state index is 14.0. The van der Waals surface area contributed by atoms with Gasteiger partial charge in [0.05, 0.1) is 7.11 Å². The van der Waals surface area contributed by atoms with Crippen LogP contribution in [-0.2, 0) is 14.8 Å². The van der Waals surface area contributed by atoms with Crippen LogP contribution in [0.15, 0.2) is 71.8 Å². The number of hydrogen-bond acceptors (Lipinski definition) is 6. The smallest absolute Gasteiger partial charge is 0.245 e. The number of amides is 1. The summed E-state index contributed by atoms with van der Waals surface area (Å²) in [7, 11) is -2.39. The highest BCUT2D eigenvalue weighted by atomic mass is 32.2. The first kappa shape index (κ1) is 23.7. The summed E-state index contributed by atoms with van der Waals surface area (Å²) in [6, 6.07) is 15.6. The first-order chi connectivity index (χ1) is 16.4. The Bertz CT molecular complexity index is 1260. The number of nitrogens with zero attached hydrogens (tertiary/aromatic N) is 2. The predicted octanol–water partition coefficient (Wildman–Crippen LogP) is 4.06. The van der Waals surface area contributed by atoms with Crippen LogP contribution in [0.4, 0.5) is 10.1 Å². The number of methoxy groups -OCH3 is 1. The Morgan fingerprint density at radius 1 is 1.03 bits per heavy atom. The zero-order chi connectivity index (χ0) is 24.1. The highest BCUT2D eigenvalue weighted by Crippen LogP contribution is 2.30. The van der Waals surface area contributed by atoms with Crippen molar-refractivity contribution in [1.82, 2.24) is 9.29 Å². The molecule has 4 rings (SSSR count). The summed E-state index contributed by atoms with van der Waals surface area (Å²) >= 11 is 0. The number of benzene rings is 2. The topological polar surface area (TPSA) is 97.8 Å². The van der Waals surface area contributed by atoms with Crippen molar-refractivity contribution < 1.29 is 27.1 Å². The number of carbonyl (C=O) groups is 1. The van der Waals surface area contributed by atoms with Gasteiger partial charge in [-0.25, -0.2) is 17.8 Å². The molecule has 10 heteroatoms. The van der Waals surface area contributed by atoms with Gasteiger partial charge in [-0.2, -0.15) is 4.31 Å². The molecule has 0 radical (unpaired) electrons. The van der Waals surface area contributed by atoms with Gasteiger partial charge in [-0.05, 0) is 61.4 Å². The normalized spacial score (nSPS) is 15.0. The number of hydrogen-bond donors (Lipinski definition) is 1. The van der Waals surface area contributed by atoms with E-state index in [1.165, 1.54) is 22.5 Å². The molecule has 34 heavy (non-hydrogen) atoms. The Morgan fingerprint density at radius 2 is 1.71 bits per heavy atom. The lowest BCUT2D eigenvalue weighted by atomic mass is 9.97. The third kappa shape index (κ3) is 5.18. The summed E-state index contributed by atoms with van der Waals surface area (Å²) in [6.45, 7) is 0.244. The summed E-state index contributed by atoms with van der Waals surface area (Å²) in [5, 5.41) is 2.84. The Morgan fingerprint density at radius 3 is 2.38 bits per heavy atom. The van der Waals surface area contributed by atoms with Crippen LogP contribution in [0.2, 0.25) is 0 Å². The van der Waals surface area contributed by atoms with Crippen molar-refractivity contribution in [2.75, 3.05) is 25.5 Å². The molecule has 0 bridgehead atoms. The van der Waals surface area contributed by atoms with Crippen LogP contribution < -0.4 is 14.8 Å². The average molecular weight is 486 g/mol. The van der Waals surface area contributed by atoms with Crippen LogP contribution in [0.3, 0.4) is 0 Å². The van der Waals surface area contributed by atoms with Crippen molar-refractivity contribution >= 4 is 21.6 Å². The summed E-state index contributed by atoms with van der Waals surface area (Å²) in [5.74, 6) is 0.00691. The fourth-order valence-corrected chi connectivity index (χ4v) is 5.24. The molecule has 1 N–H and O–H groups in total. The fourth-order valence-electron chi connectivity index (χ4n) is 3.71. The van der Waals surface area contributed by atoms with Crippen molar-refractivity contribution in [3.63, 3.8) is 0 Å². The molecule has 0 spiro atoms. The van der Waals surface area contributed by atoms with Gasteiger partial charge in [-0.15, -0.1) is 0 Å². The molecule has 8 nitrogen and oxygen atoms in total. The molecule has 1 amide bonds. The van der Waals surface area contributed by atoms with E-state index in [1.54, 1.807) is 49.7 Å². The van der Waals surface area contributed by atoms with E-state index in [2.05, 4.69) is 10.3 Å². The van der Waals surface area contributed by atoms with E-state index in [4.69, 9.17) is 9.47 Å². The van der Waals surface area contributed by atoms with Crippen molar-refractivity contribution in [1.29, 1.82) is 0 Å². The van der Waals surface area contributed by atoms with Crippen molar-refractivity contribution in [3.8, 4) is 17.4 Å². The summed E-state index contributed by atoms with van der Waals surface area (Å²) in [4.78, 5) is 16.8. The monoisotopic (exact) mass is 485 g/mol. The van der Waals surface area contributed by atoms with E-state index in [-0.39, 0.29) is 29.8 Å². The van der Waals surface area contributed by atoms with Crippen LogP contribution in [0.25, 0.3) is 0 Å². The molecular weight excluding hydrogens is 461 g/mol. The molecule has 1 saturated heterocycles. The van der Waals surface area contributed by atoms with E-state index in [0.717, 1.165) is 6.07 Å². The van der Waals surface area contributed by atoms with Gasteiger partial charge in [-0.1, -0.05) is 12.1 Å². The second-order valence-corrected chi connectivity index (χ2v) is 9.64. The number of pyridine rings is 1. The maximum atomic E-state index is 14.0. The Kier molecular flexibility index (Phi) is 7.09. The molecule has 1 aliphatic heterocycles. The number of sulfonamides is 1. The minimum absolute atomic E-state index is 0.122. The molecule has 1 fully saturated rings. The van der Waals surface area contributed by atoms with Crippen LogP contribution in [0, 0.1) is 11.7 Å². The molecule has 178 valence electrons. The molecule has 0 atom stereocenters. The molecule has 3 aromatic rings. The second-order valence-electron chi connectivity index (χ2n) is 7.73. The Labute approximate surface area is 197 Å². The number of ether oxygens (including phenoxy) is 2. The average Bonchev–Trinajstić information content (AvgIpc) is 2.86. The standard InChI is InChI=1S/C24H24FN3O5S/c1-32-18-8-10-19(11-9-18)33-24-21(6-4-14-26-24)27-23(29)17-12-15-28(16-13-17)34(30,31)22-7-3-2-5-20(22)25/h2-11,14,17H,12-13,15-16H2,1H3,(H,27,29). The Balaban J connectivity index is 1.39. The third-order valence-corrected chi connectivity index (χ3v) is 7.51. The number of nitrogens with one attached hydrogen (secondary N) is 1. The van der Waals surface area contributed by atoms with E-state index in [9.17, 15) is 17.6 Å². The number of piperidine rings is 1. The quantitative estimate of drug-likeness (QED) is 0.542. The van der Waals surface area contributed by atoms with Gasteiger partial charge in [0.2, 0.25) is 21.8 Å². The van der Waals surface area contributed by atoms with Gasteiger partial charge in [-0.3, -0.25) is 4.79 Å². The first-order valence-electron chi connectivity index (χ1n) is 10.7. The minimum Gasteiger partial charge on any atom is -0.497 e. The lowest BCUT2D eigenvalue weighted by molar-refractivity contribution is -0.120. The zero-order valence-electron chi connectivity index (χ0n) is 18.5. The fraction of sp³-hybridized carbons (Fsp3) is 0.250. The maximum Gasteiger partial charge on any atom is 0.245 e. The molecule has 0 aliphatic carbocycles. The molecule has 1 aromatic heterocycles. The van der Waals surface area contributed by atoms with Crippen molar-refractivity contribution in [3.05, 3.63) is 72.7 Å². The highest BCUT2D eigenvalue weighted by Gasteiger charge is 2.33. The second kappa shape index (κ2) is 10.2. The molecule has 2 aromatic carbocycles. The molecule has 1 aliphatic rings. The molecule has 0 unspecified atom stereocenters. The number of aromatic nitrogens is 1. The number of anilines is 1. The number of rotatable bonds is 7. The summed E-state index contributed by atoms with van der Waals surface area (Å²) in [6.07, 6.45) is 2.18. The predicted molar refractivity (Wildman–Crippen MR) is 124 cm³/mol. The van der Waals surface area contributed by atoms with Crippen molar-refractivity contribution in [2.45, 2.75) is 17.7 Å². The lowest BCUT2D eigenvalue weighted by Gasteiger charge is -2.30. The van der Waals surface area contributed by atoms with Crippen molar-refractivity contribution in [2.24, 2.45) is 5.92 Å².